The summed E-state index contributed by atoms with van der Waals surface area (Å²) < 4.78 is 0.951. The molecule has 0 saturated heterocycles. The van der Waals surface area contributed by atoms with Gasteiger partial charge in [-0.1, -0.05) is 23.7 Å². The minimum atomic E-state index is 0.793. The molecule has 0 fully saturated rings. The Morgan fingerprint density at radius 2 is 2.27 bits per heavy atom. The van der Waals surface area contributed by atoms with Crippen molar-refractivity contribution >= 4 is 27.5 Å². The molecule has 0 bridgehead atoms. The topological polar surface area (TPSA) is 12.0 Å². The van der Waals surface area contributed by atoms with Gasteiger partial charge in [0, 0.05) is 11.0 Å². The molecule has 0 aromatic heterocycles. The smallest absolute Gasteiger partial charge is 0.0592 e. The van der Waals surface area contributed by atoms with Crippen molar-refractivity contribution in [2.45, 2.75) is 6.54 Å². The maximum Gasteiger partial charge on any atom is 0.0592 e. The standard InChI is InChI=1S/C8H9BrClN/c1-11-5-6-3-2-4-7(9)8(6)10/h2-4,11H,5H2,1H3. The molecule has 1 aromatic rings. The molecule has 1 rings (SSSR count). The maximum atomic E-state index is 5.99. The van der Waals surface area contributed by atoms with E-state index >= 15 is 0 Å². The van der Waals surface area contributed by atoms with E-state index in [1.807, 2.05) is 25.2 Å². The van der Waals surface area contributed by atoms with E-state index in [0.29, 0.717) is 0 Å². The molecule has 0 aliphatic heterocycles. The Morgan fingerprint density at radius 3 is 2.91 bits per heavy atom. The second kappa shape index (κ2) is 4.10. The van der Waals surface area contributed by atoms with Gasteiger partial charge in [0.05, 0.1) is 5.02 Å². The van der Waals surface area contributed by atoms with Crippen LogP contribution in [0.3, 0.4) is 0 Å². The van der Waals surface area contributed by atoms with Crippen LogP contribution in [0.25, 0.3) is 0 Å². The van der Waals surface area contributed by atoms with Crippen LogP contribution >= 0.6 is 27.5 Å². The highest BCUT2D eigenvalue weighted by Gasteiger charge is 2.01. The summed E-state index contributed by atoms with van der Waals surface area (Å²) in [6.45, 7) is 0.804. The SMILES string of the molecule is CNCc1cccc(Br)c1Cl. The van der Waals surface area contributed by atoms with Crippen molar-refractivity contribution in [3.8, 4) is 0 Å². The minimum absolute atomic E-state index is 0.793. The first kappa shape index (κ1) is 9.04. The van der Waals surface area contributed by atoms with E-state index < -0.39 is 0 Å². The maximum absolute atomic E-state index is 5.99. The van der Waals surface area contributed by atoms with Crippen molar-refractivity contribution in [1.29, 1.82) is 0 Å². The van der Waals surface area contributed by atoms with Crippen LogP contribution in [0.15, 0.2) is 22.7 Å². The van der Waals surface area contributed by atoms with Crippen LogP contribution in [0.1, 0.15) is 5.56 Å². The lowest BCUT2D eigenvalue weighted by Crippen LogP contribution is -2.05. The fourth-order valence-corrected chi connectivity index (χ4v) is 1.48. The molecule has 0 aliphatic rings. The van der Waals surface area contributed by atoms with E-state index in [0.717, 1.165) is 21.6 Å². The molecule has 11 heavy (non-hydrogen) atoms. The quantitative estimate of drug-likeness (QED) is 0.830. The Kier molecular flexibility index (Phi) is 3.37. The van der Waals surface area contributed by atoms with E-state index in [4.69, 9.17) is 11.6 Å². The van der Waals surface area contributed by atoms with Crippen LogP contribution in [0.4, 0.5) is 0 Å². The van der Waals surface area contributed by atoms with Gasteiger partial charge in [-0.25, -0.2) is 0 Å². The lowest BCUT2D eigenvalue weighted by molar-refractivity contribution is 0.817. The Labute approximate surface area is 79.9 Å². The third kappa shape index (κ3) is 2.19. The number of nitrogens with one attached hydrogen (secondary N) is 1. The summed E-state index contributed by atoms with van der Waals surface area (Å²) in [5, 5.41) is 3.84. The zero-order chi connectivity index (χ0) is 8.27. The molecule has 0 unspecified atom stereocenters. The molecule has 0 amide bonds. The molecule has 0 radical (unpaired) electrons. The van der Waals surface area contributed by atoms with Crippen LogP contribution in [-0.2, 0) is 6.54 Å². The molecule has 1 N–H and O–H groups in total. The average molecular weight is 235 g/mol. The van der Waals surface area contributed by atoms with Gasteiger partial charge in [-0.2, -0.15) is 0 Å². The highest BCUT2D eigenvalue weighted by molar-refractivity contribution is 9.10. The lowest BCUT2D eigenvalue weighted by Gasteiger charge is -2.03. The first-order valence-corrected chi connectivity index (χ1v) is 4.50. The Hall–Kier alpha value is -0.0500. The van der Waals surface area contributed by atoms with E-state index in [2.05, 4.69) is 21.2 Å². The van der Waals surface area contributed by atoms with Crippen molar-refractivity contribution in [3.05, 3.63) is 33.3 Å². The van der Waals surface area contributed by atoms with Crippen molar-refractivity contribution in [2.75, 3.05) is 7.05 Å². The third-order valence-corrected chi connectivity index (χ3v) is 2.73. The van der Waals surface area contributed by atoms with Gasteiger partial charge in [0.1, 0.15) is 0 Å². The summed E-state index contributed by atoms with van der Waals surface area (Å²) in [6, 6.07) is 5.91. The number of hydrogen-bond donors (Lipinski definition) is 1. The van der Waals surface area contributed by atoms with E-state index in [9.17, 15) is 0 Å². The Balaban J connectivity index is 2.96. The molecule has 0 saturated carbocycles. The fraction of sp³-hybridized carbons (Fsp3) is 0.250. The summed E-state index contributed by atoms with van der Waals surface area (Å²) in [6.07, 6.45) is 0. The largest absolute Gasteiger partial charge is 0.316 e. The predicted molar refractivity (Wildman–Crippen MR) is 51.9 cm³/mol. The highest BCUT2D eigenvalue weighted by atomic mass is 79.9. The summed E-state index contributed by atoms with van der Waals surface area (Å²) >= 11 is 9.34. The van der Waals surface area contributed by atoms with Crippen molar-refractivity contribution in [3.63, 3.8) is 0 Å². The molecular formula is C8H9BrClN. The molecule has 1 nitrogen and oxygen atoms in total. The predicted octanol–water partition coefficient (Wildman–Crippen LogP) is 2.82. The van der Waals surface area contributed by atoms with Crippen LogP contribution in [0.5, 0.6) is 0 Å². The van der Waals surface area contributed by atoms with Gasteiger partial charge in [-0.15, -0.1) is 0 Å². The summed E-state index contributed by atoms with van der Waals surface area (Å²) in [5.41, 5.74) is 1.11. The molecular weight excluding hydrogens is 225 g/mol. The Bertz CT molecular complexity index is 250. The van der Waals surface area contributed by atoms with Crippen molar-refractivity contribution < 1.29 is 0 Å². The first-order valence-electron chi connectivity index (χ1n) is 3.33. The summed E-state index contributed by atoms with van der Waals surface area (Å²) in [7, 11) is 1.90. The molecule has 0 spiro atoms. The number of rotatable bonds is 2. The summed E-state index contributed by atoms with van der Waals surface area (Å²) in [5.74, 6) is 0. The summed E-state index contributed by atoms with van der Waals surface area (Å²) in [4.78, 5) is 0. The van der Waals surface area contributed by atoms with Gasteiger partial charge in [-0.3, -0.25) is 0 Å². The van der Waals surface area contributed by atoms with Crippen LogP contribution in [0.2, 0.25) is 5.02 Å². The third-order valence-electron chi connectivity index (χ3n) is 1.40. The monoisotopic (exact) mass is 233 g/mol. The minimum Gasteiger partial charge on any atom is -0.316 e. The van der Waals surface area contributed by atoms with Crippen LogP contribution in [-0.4, -0.2) is 7.05 Å². The molecule has 60 valence electrons. The zero-order valence-corrected chi connectivity index (χ0v) is 8.54. The molecule has 0 heterocycles. The molecule has 1 aromatic carbocycles. The highest BCUT2D eigenvalue weighted by Crippen LogP contribution is 2.25. The van der Waals surface area contributed by atoms with Gasteiger partial charge >= 0.3 is 0 Å². The van der Waals surface area contributed by atoms with Crippen LogP contribution in [0, 0.1) is 0 Å². The van der Waals surface area contributed by atoms with Crippen molar-refractivity contribution in [1.82, 2.24) is 5.32 Å². The van der Waals surface area contributed by atoms with E-state index in [-0.39, 0.29) is 0 Å². The average Bonchev–Trinajstić information content (AvgIpc) is 1.99. The van der Waals surface area contributed by atoms with Crippen molar-refractivity contribution in [2.24, 2.45) is 0 Å². The molecule has 0 aliphatic carbocycles. The molecule has 0 atom stereocenters. The van der Waals surface area contributed by atoms with Gasteiger partial charge in [0.2, 0.25) is 0 Å². The Morgan fingerprint density at radius 1 is 1.55 bits per heavy atom. The number of hydrogen-bond acceptors (Lipinski definition) is 1. The zero-order valence-electron chi connectivity index (χ0n) is 6.20. The first-order chi connectivity index (χ1) is 5.25. The van der Waals surface area contributed by atoms with Crippen LogP contribution < -0.4 is 5.32 Å². The fourth-order valence-electron chi connectivity index (χ4n) is 0.875. The van der Waals surface area contributed by atoms with Gasteiger partial charge in [0.25, 0.3) is 0 Å². The number of halogens is 2. The van der Waals surface area contributed by atoms with Gasteiger partial charge < -0.3 is 5.32 Å². The van der Waals surface area contributed by atoms with E-state index in [1.165, 1.54) is 0 Å². The second-order valence-electron chi connectivity index (χ2n) is 2.24. The lowest BCUT2D eigenvalue weighted by atomic mass is 10.2. The van der Waals surface area contributed by atoms with Gasteiger partial charge in [0.15, 0.2) is 0 Å². The molecule has 3 heteroatoms. The van der Waals surface area contributed by atoms with E-state index in [1.54, 1.807) is 0 Å². The number of benzene rings is 1. The normalized spacial score (nSPS) is 10.1. The van der Waals surface area contributed by atoms with Gasteiger partial charge in [-0.05, 0) is 34.6 Å². The second-order valence-corrected chi connectivity index (χ2v) is 3.48.